The number of rotatable bonds is 10. The van der Waals surface area contributed by atoms with Gasteiger partial charge in [-0.05, 0) is 32.7 Å². The van der Waals surface area contributed by atoms with Gasteiger partial charge in [-0.1, -0.05) is 32.6 Å². The van der Waals surface area contributed by atoms with Gasteiger partial charge in [0.2, 0.25) is 5.91 Å². The minimum Gasteiger partial charge on any atom is -0.381 e. The van der Waals surface area contributed by atoms with Gasteiger partial charge in [0, 0.05) is 31.7 Å². The molecule has 118 valence electrons. The fraction of sp³-hybridized carbons (Fsp3) is 0.938. The van der Waals surface area contributed by atoms with Gasteiger partial charge in [-0.2, -0.15) is 0 Å². The number of carbonyl (C=O) groups excluding carboxylic acids is 1. The van der Waals surface area contributed by atoms with Crippen molar-refractivity contribution in [3.8, 4) is 0 Å². The van der Waals surface area contributed by atoms with Crippen LogP contribution in [0.15, 0.2) is 0 Å². The number of hydrogen-bond donors (Lipinski definition) is 2. The summed E-state index contributed by atoms with van der Waals surface area (Å²) in [5.41, 5.74) is 0.0416. The fourth-order valence-electron chi connectivity index (χ4n) is 2.86. The van der Waals surface area contributed by atoms with E-state index in [2.05, 4.69) is 17.6 Å². The number of carbonyl (C=O) groups is 1. The van der Waals surface area contributed by atoms with E-state index in [0.29, 0.717) is 6.42 Å². The highest BCUT2D eigenvalue weighted by atomic mass is 16.5. The van der Waals surface area contributed by atoms with Crippen LogP contribution < -0.4 is 10.6 Å². The van der Waals surface area contributed by atoms with Gasteiger partial charge in [0.15, 0.2) is 0 Å². The van der Waals surface area contributed by atoms with E-state index >= 15 is 0 Å². The molecule has 0 unspecified atom stereocenters. The molecule has 0 aromatic rings. The average molecular weight is 284 g/mol. The first-order valence-corrected chi connectivity index (χ1v) is 8.26. The topological polar surface area (TPSA) is 50.4 Å². The van der Waals surface area contributed by atoms with Crippen LogP contribution >= 0.6 is 0 Å². The smallest absolute Gasteiger partial charge is 0.221 e. The number of nitrogens with one attached hydrogen (secondary N) is 2. The van der Waals surface area contributed by atoms with Gasteiger partial charge in [0.25, 0.3) is 0 Å². The molecule has 0 spiro atoms. The Bertz CT molecular complexity index is 263. The van der Waals surface area contributed by atoms with E-state index in [4.69, 9.17) is 4.74 Å². The van der Waals surface area contributed by atoms with Crippen molar-refractivity contribution in [3.05, 3.63) is 0 Å². The van der Waals surface area contributed by atoms with E-state index in [0.717, 1.165) is 45.4 Å². The Morgan fingerprint density at radius 2 is 1.85 bits per heavy atom. The number of unbranched alkanes of at least 4 members (excludes halogenated alkanes) is 1. The molecule has 1 aliphatic carbocycles. The zero-order chi connectivity index (χ0) is 14.7. The third-order valence-electron chi connectivity index (χ3n) is 4.27. The van der Waals surface area contributed by atoms with Crippen molar-refractivity contribution in [1.29, 1.82) is 0 Å². The van der Waals surface area contributed by atoms with Gasteiger partial charge in [0.1, 0.15) is 0 Å². The normalized spacial score (nSPS) is 17.9. The van der Waals surface area contributed by atoms with Gasteiger partial charge in [0.05, 0.1) is 0 Å². The average Bonchev–Trinajstić information content (AvgIpc) is 2.47. The van der Waals surface area contributed by atoms with Gasteiger partial charge in [-0.15, -0.1) is 0 Å². The van der Waals surface area contributed by atoms with E-state index in [9.17, 15) is 4.79 Å². The molecular weight excluding hydrogens is 252 g/mol. The first-order valence-electron chi connectivity index (χ1n) is 8.26. The Morgan fingerprint density at radius 3 is 2.50 bits per heavy atom. The number of amides is 1. The first-order chi connectivity index (χ1) is 9.72. The highest BCUT2D eigenvalue weighted by Gasteiger charge is 2.32. The summed E-state index contributed by atoms with van der Waals surface area (Å²) in [6.07, 6.45) is 9.83. The molecule has 0 aliphatic heterocycles. The summed E-state index contributed by atoms with van der Waals surface area (Å²) < 4.78 is 5.48. The maximum atomic E-state index is 12.0. The number of ether oxygens (including phenoxy) is 1. The summed E-state index contributed by atoms with van der Waals surface area (Å²) in [4.78, 5) is 12.0. The van der Waals surface area contributed by atoms with Crippen LogP contribution in [0.3, 0.4) is 0 Å². The van der Waals surface area contributed by atoms with Crippen LogP contribution in [0.2, 0.25) is 0 Å². The second kappa shape index (κ2) is 10.2. The standard InChI is InChI=1S/C16H32N2O2/c1-3-4-12-20-13-8-11-18-15(19)14-16(17-2)9-6-5-7-10-16/h17H,3-14H2,1-2H3,(H,18,19). The zero-order valence-electron chi connectivity index (χ0n) is 13.3. The van der Waals surface area contributed by atoms with Gasteiger partial charge in [-0.3, -0.25) is 4.79 Å². The summed E-state index contributed by atoms with van der Waals surface area (Å²) in [7, 11) is 1.99. The molecule has 1 saturated carbocycles. The van der Waals surface area contributed by atoms with Crippen molar-refractivity contribution in [2.75, 3.05) is 26.8 Å². The van der Waals surface area contributed by atoms with Crippen molar-refractivity contribution in [2.45, 2.75) is 70.3 Å². The molecule has 1 aliphatic rings. The summed E-state index contributed by atoms with van der Waals surface area (Å²) in [5.74, 6) is 0.176. The van der Waals surface area contributed by atoms with Crippen molar-refractivity contribution in [1.82, 2.24) is 10.6 Å². The third-order valence-corrected chi connectivity index (χ3v) is 4.27. The minimum absolute atomic E-state index is 0.0416. The number of hydrogen-bond acceptors (Lipinski definition) is 3. The zero-order valence-corrected chi connectivity index (χ0v) is 13.3. The largest absolute Gasteiger partial charge is 0.381 e. The van der Waals surface area contributed by atoms with Gasteiger partial charge >= 0.3 is 0 Å². The lowest BCUT2D eigenvalue weighted by molar-refractivity contribution is -0.122. The third kappa shape index (κ3) is 6.71. The van der Waals surface area contributed by atoms with E-state index in [-0.39, 0.29) is 11.4 Å². The molecule has 4 nitrogen and oxygen atoms in total. The fourth-order valence-corrected chi connectivity index (χ4v) is 2.86. The Kier molecular flexibility index (Phi) is 8.86. The molecule has 0 aromatic heterocycles. The molecule has 0 aromatic carbocycles. The van der Waals surface area contributed by atoms with Crippen LogP contribution in [0.25, 0.3) is 0 Å². The molecule has 1 amide bonds. The SMILES string of the molecule is CCCCOCCCNC(=O)CC1(NC)CCCCC1. The lowest BCUT2D eigenvalue weighted by atomic mass is 9.79. The van der Waals surface area contributed by atoms with Crippen LogP contribution in [0.4, 0.5) is 0 Å². The molecule has 0 atom stereocenters. The van der Waals surface area contributed by atoms with E-state index in [1.54, 1.807) is 0 Å². The lowest BCUT2D eigenvalue weighted by Gasteiger charge is -2.36. The molecular formula is C16H32N2O2. The lowest BCUT2D eigenvalue weighted by Crippen LogP contribution is -2.48. The van der Waals surface area contributed by atoms with E-state index in [1.165, 1.54) is 25.7 Å². The Hall–Kier alpha value is -0.610. The molecule has 0 saturated heterocycles. The molecule has 0 heterocycles. The Balaban J connectivity index is 2.10. The maximum Gasteiger partial charge on any atom is 0.221 e. The predicted octanol–water partition coefficient (Wildman–Crippen LogP) is 2.62. The summed E-state index contributed by atoms with van der Waals surface area (Å²) >= 11 is 0. The van der Waals surface area contributed by atoms with Crippen molar-refractivity contribution in [3.63, 3.8) is 0 Å². The van der Waals surface area contributed by atoms with Crippen LogP contribution in [0.1, 0.15) is 64.7 Å². The summed E-state index contributed by atoms with van der Waals surface area (Å²) in [5, 5.41) is 6.41. The molecule has 1 rings (SSSR count). The summed E-state index contributed by atoms with van der Waals surface area (Å²) in [6.45, 7) is 4.47. The quantitative estimate of drug-likeness (QED) is 0.606. The van der Waals surface area contributed by atoms with Crippen LogP contribution in [0.5, 0.6) is 0 Å². The molecule has 2 N–H and O–H groups in total. The van der Waals surface area contributed by atoms with E-state index in [1.807, 2.05) is 7.05 Å². The maximum absolute atomic E-state index is 12.0. The van der Waals surface area contributed by atoms with Crippen LogP contribution in [0, 0.1) is 0 Å². The Morgan fingerprint density at radius 1 is 1.15 bits per heavy atom. The molecule has 20 heavy (non-hydrogen) atoms. The van der Waals surface area contributed by atoms with Gasteiger partial charge < -0.3 is 15.4 Å². The van der Waals surface area contributed by atoms with Crippen molar-refractivity contribution in [2.24, 2.45) is 0 Å². The second-order valence-corrected chi connectivity index (χ2v) is 5.94. The molecule has 0 bridgehead atoms. The first kappa shape index (κ1) is 17.4. The summed E-state index contributed by atoms with van der Waals surface area (Å²) in [6, 6.07) is 0. The molecule has 1 fully saturated rings. The second-order valence-electron chi connectivity index (χ2n) is 5.94. The van der Waals surface area contributed by atoms with Crippen LogP contribution in [-0.4, -0.2) is 38.3 Å². The molecule has 4 heteroatoms. The predicted molar refractivity (Wildman–Crippen MR) is 82.8 cm³/mol. The molecule has 0 radical (unpaired) electrons. The highest BCUT2D eigenvalue weighted by Crippen LogP contribution is 2.30. The van der Waals surface area contributed by atoms with E-state index < -0.39 is 0 Å². The minimum atomic E-state index is 0.0416. The van der Waals surface area contributed by atoms with Crippen molar-refractivity contribution < 1.29 is 9.53 Å². The van der Waals surface area contributed by atoms with Gasteiger partial charge in [-0.25, -0.2) is 0 Å². The van der Waals surface area contributed by atoms with Crippen molar-refractivity contribution >= 4 is 5.91 Å². The van der Waals surface area contributed by atoms with Crippen LogP contribution in [-0.2, 0) is 9.53 Å². The monoisotopic (exact) mass is 284 g/mol. The Labute approximate surface area is 124 Å². The highest BCUT2D eigenvalue weighted by molar-refractivity contribution is 5.77.